The Bertz CT molecular complexity index is 570. The number of hydrogen-bond donors (Lipinski definition) is 2. The smallest absolute Gasteiger partial charge is 0.325 e. The maximum Gasteiger partial charge on any atom is 0.325 e. The fraction of sp³-hybridized carbons (Fsp3) is 0.706. The van der Waals surface area contributed by atoms with Crippen LogP contribution in [0.25, 0.3) is 0 Å². The van der Waals surface area contributed by atoms with Gasteiger partial charge in [-0.1, -0.05) is 27.2 Å². The molecule has 3 atom stereocenters. The van der Waals surface area contributed by atoms with Gasteiger partial charge in [-0.15, -0.1) is 0 Å². The fourth-order valence-electron chi connectivity index (χ4n) is 3.32. The first-order valence-electron chi connectivity index (χ1n) is 8.52. The zero-order valence-corrected chi connectivity index (χ0v) is 14.6. The van der Waals surface area contributed by atoms with Crippen molar-refractivity contribution in [2.24, 2.45) is 17.8 Å². The molecular weight excluding hydrogens is 310 g/mol. The van der Waals surface area contributed by atoms with Gasteiger partial charge in [-0.3, -0.25) is 14.3 Å². The number of aliphatic carboxylic acids is 1. The molecule has 1 aromatic rings. The summed E-state index contributed by atoms with van der Waals surface area (Å²) in [5.74, 6) is 0.741. The molecule has 1 amide bonds. The van der Waals surface area contributed by atoms with Crippen LogP contribution in [-0.2, 0) is 20.9 Å². The molecule has 0 bridgehead atoms. The molecule has 0 saturated heterocycles. The van der Waals surface area contributed by atoms with Crippen molar-refractivity contribution in [1.82, 2.24) is 9.78 Å². The SMILES string of the molecule is CC1CCC(C(C)C)C(OCC(=O)Nc2ccn(CC(=O)O)n2)C1. The van der Waals surface area contributed by atoms with Crippen LogP contribution < -0.4 is 5.32 Å². The Morgan fingerprint density at radius 1 is 1.46 bits per heavy atom. The highest BCUT2D eigenvalue weighted by Crippen LogP contribution is 2.35. The third-order valence-corrected chi connectivity index (χ3v) is 4.60. The van der Waals surface area contributed by atoms with E-state index in [1.807, 2.05) is 0 Å². The number of ether oxygens (including phenoxy) is 1. The van der Waals surface area contributed by atoms with Gasteiger partial charge in [-0.25, -0.2) is 0 Å². The maximum atomic E-state index is 12.0. The van der Waals surface area contributed by atoms with Crippen LogP contribution in [0, 0.1) is 17.8 Å². The minimum atomic E-state index is -0.981. The molecule has 0 aromatic carbocycles. The number of rotatable bonds is 7. The van der Waals surface area contributed by atoms with Gasteiger partial charge in [-0.05, 0) is 30.6 Å². The average molecular weight is 337 g/mol. The Morgan fingerprint density at radius 2 is 2.21 bits per heavy atom. The van der Waals surface area contributed by atoms with E-state index in [2.05, 4.69) is 31.2 Å². The van der Waals surface area contributed by atoms with E-state index in [-0.39, 0.29) is 25.2 Å². The third kappa shape index (κ3) is 5.33. The van der Waals surface area contributed by atoms with E-state index in [0.29, 0.717) is 23.6 Å². The second-order valence-corrected chi connectivity index (χ2v) is 7.02. The standard InChI is InChI=1S/C17H27N3O4/c1-11(2)13-5-4-12(3)8-14(13)24-10-16(21)18-15-6-7-20(19-15)9-17(22)23/h6-7,11-14H,4-5,8-10H2,1-3H3,(H,22,23)(H,18,19,21). The number of carboxylic acid groups (broad SMARTS) is 1. The van der Waals surface area contributed by atoms with E-state index in [9.17, 15) is 9.59 Å². The lowest BCUT2D eigenvalue weighted by molar-refractivity contribution is -0.137. The van der Waals surface area contributed by atoms with Crippen molar-refractivity contribution in [3.63, 3.8) is 0 Å². The molecule has 0 radical (unpaired) electrons. The molecule has 0 spiro atoms. The normalized spacial score (nSPS) is 24.1. The lowest BCUT2D eigenvalue weighted by atomic mass is 9.75. The highest BCUT2D eigenvalue weighted by molar-refractivity contribution is 5.90. The largest absolute Gasteiger partial charge is 0.480 e. The number of nitrogens with zero attached hydrogens (tertiary/aromatic N) is 2. The van der Waals surface area contributed by atoms with Crippen molar-refractivity contribution < 1.29 is 19.4 Å². The van der Waals surface area contributed by atoms with Crippen LogP contribution in [-0.4, -0.2) is 39.5 Å². The minimum Gasteiger partial charge on any atom is -0.480 e. The summed E-state index contributed by atoms with van der Waals surface area (Å²) in [6.07, 6.45) is 4.98. The van der Waals surface area contributed by atoms with E-state index in [0.717, 1.165) is 12.8 Å². The van der Waals surface area contributed by atoms with Gasteiger partial charge >= 0.3 is 5.97 Å². The summed E-state index contributed by atoms with van der Waals surface area (Å²) in [6.45, 7) is 6.38. The van der Waals surface area contributed by atoms with Crippen molar-refractivity contribution in [3.8, 4) is 0 Å². The van der Waals surface area contributed by atoms with Crippen molar-refractivity contribution in [2.45, 2.75) is 52.7 Å². The quantitative estimate of drug-likeness (QED) is 0.797. The summed E-state index contributed by atoms with van der Waals surface area (Å²) in [5, 5.41) is 15.3. The molecule has 134 valence electrons. The van der Waals surface area contributed by atoms with E-state index in [4.69, 9.17) is 9.84 Å². The van der Waals surface area contributed by atoms with Crippen molar-refractivity contribution in [2.75, 3.05) is 11.9 Å². The summed E-state index contributed by atoms with van der Waals surface area (Å²) >= 11 is 0. The molecule has 2 N–H and O–H groups in total. The zero-order valence-electron chi connectivity index (χ0n) is 14.6. The first kappa shape index (κ1) is 18.4. The molecule has 1 saturated carbocycles. The van der Waals surface area contributed by atoms with Crippen molar-refractivity contribution in [1.29, 1.82) is 0 Å². The van der Waals surface area contributed by atoms with Gasteiger partial charge in [0, 0.05) is 12.3 Å². The number of nitrogens with one attached hydrogen (secondary N) is 1. The number of hydrogen-bond acceptors (Lipinski definition) is 4. The number of anilines is 1. The molecule has 1 aromatic heterocycles. The highest BCUT2D eigenvalue weighted by atomic mass is 16.5. The fourth-order valence-corrected chi connectivity index (χ4v) is 3.32. The second-order valence-electron chi connectivity index (χ2n) is 7.02. The minimum absolute atomic E-state index is 0.00754. The maximum absolute atomic E-state index is 12.0. The van der Waals surface area contributed by atoms with Gasteiger partial charge in [0.25, 0.3) is 5.91 Å². The summed E-state index contributed by atoms with van der Waals surface area (Å²) in [7, 11) is 0. The topological polar surface area (TPSA) is 93.5 Å². The van der Waals surface area contributed by atoms with Gasteiger partial charge in [0.15, 0.2) is 5.82 Å². The van der Waals surface area contributed by atoms with E-state index >= 15 is 0 Å². The average Bonchev–Trinajstić information content (AvgIpc) is 2.91. The van der Waals surface area contributed by atoms with Crippen LogP contribution >= 0.6 is 0 Å². The molecule has 24 heavy (non-hydrogen) atoms. The molecule has 3 unspecified atom stereocenters. The van der Waals surface area contributed by atoms with Gasteiger partial charge < -0.3 is 15.2 Å². The van der Waals surface area contributed by atoms with E-state index in [1.54, 1.807) is 6.07 Å². The number of carbonyl (C=O) groups excluding carboxylic acids is 1. The van der Waals surface area contributed by atoms with Crippen molar-refractivity contribution >= 4 is 17.7 Å². The number of carboxylic acids is 1. The van der Waals surface area contributed by atoms with Gasteiger partial charge in [0.1, 0.15) is 13.2 Å². The third-order valence-electron chi connectivity index (χ3n) is 4.60. The second kappa shape index (κ2) is 8.28. The number of carbonyl (C=O) groups is 2. The Kier molecular flexibility index (Phi) is 6.36. The van der Waals surface area contributed by atoms with Crippen LogP contribution in [0.4, 0.5) is 5.82 Å². The van der Waals surface area contributed by atoms with E-state index < -0.39 is 5.97 Å². The summed E-state index contributed by atoms with van der Waals surface area (Å²) in [5.41, 5.74) is 0. The molecule has 2 rings (SSSR count). The van der Waals surface area contributed by atoms with Gasteiger partial charge in [0.2, 0.25) is 0 Å². The summed E-state index contributed by atoms with van der Waals surface area (Å²) in [6, 6.07) is 1.57. The summed E-state index contributed by atoms with van der Waals surface area (Å²) in [4.78, 5) is 22.7. The Labute approximate surface area is 142 Å². The first-order chi connectivity index (χ1) is 11.3. The van der Waals surface area contributed by atoms with Gasteiger partial charge in [-0.2, -0.15) is 5.10 Å². The predicted molar refractivity (Wildman–Crippen MR) is 89.6 cm³/mol. The monoisotopic (exact) mass is 337 g/mol. The number of amides is 1. The molecule has 7 nitrogen and oxygen atoms in total. The zero-order chi connectivity index (χ0) is 17.7. The van der Waals surface area contributed by atoms with Gasteiger partial charge in [0.05, 0.1) is 6.10 Å². The molecule has 1 heterocycles. The Morgan fingerprint density at radius 3 is 2.88 bits per heavy atom. The van der Waals surface area contributed by atoms with Crippen LogP contribution in [0.5, 0.6) is 0 Å². The molecule has 1 aliphatic rings. The Balaban J connectivity index is 1.83. The van der Waals surface area contributed by atoms with Crippen molar-refractivity contribution in [3.05, 3.63) is 12.3 Å². The van der Waals surface area contributed by atoms with Crippen LogP contribution in [0.15, 0.2) is 12.3 Å². The number of aromatic nitrogens is 2. The highest BCUT2D eigenvalue weighted by Gasteiger charge is 2.31. The first-order valence-corrected chi connectivity index (χ1v) is 8.52. The summed E-state index contributed by atoms with van der Waals surface area (Å²) < 4.78 is 7.15. The van der Waals surface area contributed by atoms with E-state index in [1.165, 1.54) is 17.3 Å². The van der Waals surface area contributed by atoms with Crippen LogP contribution in [0.3, 0.4) is 0 Å². The lowest BCUT2D eigenvalue weighted by Gasteiger charge is -2.37. The molecule has 7 heteroatoms. The molecule has 0 aliphatic heterocycles. The molecule has 1 fully saturated rings. The van der Waals surface area contributed by atoms with Crippen LogP contribution in [0.2, 0.25) is 0 Å². The predicted octanol–water partition coefficient (Wildman–Crippen LogP) is 2.38. The van der Waals surface area contributed by atoms with Crippen LogP contribution in [0.1, 0.15) is 40.0 Å². The molecule has 1 aliphatic carbocycles. The molecular formula is C17H27N3O4. The lowest BCUT2D eigenvalue weighted by Crippen LogP contribution is -2.36. The Hall–Kier alpha value is -1.89.